The van der Waals surface area contributed by atoms with Crippen molar-refractivity contribution in [3.05, 3.63) is 59.1 Å². The van der Waals surface area contributed by atoms with Gasteiger partial charge < -0.3 is 10.8 Å². The molecule has 12 heteroatoms. The highest BCUT2D eigenvalue weighted by atomic mass is 79.9. The minimum Gasteiger partial charge on any atom is -0.480 e. The number of carbonyl (C=O) groups is 1. The second-order valence-electron chi connectivity index (χ2n) is 8.84. The molecule has 3 heterocycles. The number of anilines is 1. The van der Waals surface area contributed by atoms with Gasteiger partial charge in [-0.1, -0.05) is 18.2 Å². The van der Waals surface area contributed by atoms with Crippen LogP contribution >= 0.6 is 15.9 Å². The number of aliphatic carboxylic acids is 1. The Morgan fingerprint density at radius 1 is 1.17 bits per heavy atom. The SMILES string of the molecule is CS(=O)(=O)C1(C(=O)O)CCC(c2nc3c(-c4cnn(-c5ccccc5)c4)cnn3c(N)c2Br)CC1. The van der Waals surface area contributed by atoms with Gasteiger partial charge in [0.1, 0.15) is 5.82 Å². The van der Waals surface area contributed by atoms with Gasteiger partial charge in [0.25, 0.3) is 0 Å². The molecule has 182 valence electrons. The average molecular weight is 559 g/mol. The van der Waals surface area contributed by atoms with Crippen molar-refractivity contribution in [3.8, 4) is 16.8 Å². The second kappa shape index (κ2) is 8.45. The number of fused-ring (bicyclic) bond motifs is 1. The molecule has 0 unspecified atom stereocenters. The summed E-state index contributed by atoms with van der Waals surface area (Å²) >= 11 is 3.53. The molecule has 1 aromatic carbocycles. The van der Waals surface area contributed by atoms with E-state index in [-0.39, 0.29) is 18.8 Å². The second-order valence-corrected chi connectivity index (χ2v) is 12.0. The lowest BCUT2D eigenvalue weighted by atomic mass is 9.79. The van der Waals surface area contributed by atoms with Crippen molar-refractivity contribution in [1.29, 1.82) is 0 Å². The minimum atomic E-state index is -3.78. The fraction of sp³-hybridized carbons (Fsp3) is 0.304. The molecule has 0 saturated heterocycles. The molecule has 1 aliphatic carbocycles. The number of carboxylic acid groups (broad SMARTS) is 1. The molecule has 0 aliphatic heterocycles. The summed E-state index contributed by atoms with van der Waals surface area (Å²) in [5.74, 6) is -1.08. The number of hydrogen-bond donors (Lipinski definition) is 2. The molecule has 0 radical (unpaired) electrons. The van der Waals surface area contributed by atoms with Crippen LogP contribution < -0.4 is 5.73 Å². The molecular weight excluding hydrogens is 536 g/mol. The third-order valence-electron chi connectivity index (χ3n) is 6.84. The van der Waals surface area contributed by atoms with Crippen LogP contribution in [0.25, 0.3) is 22.5 Å². The summed E-state index contributed by atoms with van der Waals surface area (Å²) < 4.78 is 26.7. The lowest BCUT2D eigenvalue weighted by Gasteiger charge is -2.35. The Morgan fingerprint density at radius 3 is 2.49 bits per heavy atom. The fourth-order valence-electron chi connectivity index (χ4n) is 4.77. The molecule has 3 N–H and O–H groups in total. The maximum Gasteiger partial charge on any atom is 0.325 e. The number of hydrogen-bond acceptors (Lipinski definition) is 7. The summed E-state index contributed by atoms with van der Waals surface area (Å²) in [6.45, 7) is 0. The Kier molecular flexibility index (Phi) is 5.67. The van der Waals surface area contributed by atoms with Crippen LogP contribution in [0.2, 0.25) is 0 Å². The molecule has 10 nitrogen and oxygen atoms in total. The van der Waals surface area contributed by atoms with E-state index < -0.39 is 20.6 Å². The monoisotopic (exact) mass is 558 g/mol. The van der Waals surface area contributed by atoms with Gasteiger partial charge >= 0.3 is 5.97 Å². The van der Waals surface area contributed by atoms with Crippen LogP contribution in [0.4, 0.5) is 5.82 Å². The van der Waals surface area contributed by atoms with E-state index in [1.54, 1.807) is 21.6 Å². The molecule has 0 atom stereocenters. The van der Waals surface area contributed by atoms with Crippen LogP contribution in [0.3, 0.4) is 0 Å². The van der Waals surface area contributed by atoms with Crippen LogP contribution in [0.5, 0.6) is 0 Å². The van der Waals surface area contributed by atoms with Crippen molar-refractivity contribution in [2.24, 2.45) is 0 Å². The summed E-state index contributed by atoms with van der Waals surface area (Å²) in [5, 5.41) is 18.6. The molecule has 1 fully saturated rings. The van der Waals surface area contributed by atoms with Crippen LogP contribution in [-0.4, -0.2) is 54.9 Å². The van der Waals surface area contributed by atoms with Crippen molar-refractivity contribution >= 4 is 43.2 Å². The molecule has 1 aliphatic rings. The van der Waals surface area contributed by atoms with Gasteiger partial charge in [-0.2, -0.15) is 14.7 Å². The van der Waals surface area contributed by atoms with Gasteiger partial charge in [-0.15, -0.1) is 0 Å². The summed E-state index contributed by atoms with van der Waals surface area (Å²) in [4.78, 5) is 16.8. The number of sulfone groups is 1. The van der Waals surface area contributed by atoms with Crippen LogP contribution in [-0.2, 0) is 14.6 Å². The maximum atomic E-state index is 12.3. The molecule has 3 aromatic heterocycles. The molecule has 1 saturated carbocycles. The Hall–Kier alpha value is -3.25. The number of nitrogens with two attached hydrogens (primary N) is 1. The Bertz CT molecular complexity index is 1540. The number of carboxylic acids is 1. The highest BCUT2D eigenvalue weighted by Gasteiger charge is 2.51. The summed E-state index contributed by atoms with van der Waals surface area (Å²) in [6.07, 6.45) is 7.04. The third kappa shape index (κ3) is 3.80. The van der Waals surface area contributed by atoms with Crippen molar-refractivity contribution in [3.63, 3.8) is 0 Å². The van der Waals surface area contributed by atoms with E-state index >= 15 is 0 Å². The van der Waals surface area contributed by atoms with Gasteiger partial charge in [0, 0.05) is 29.5 Å². The van der Waals surface area contributed by atoms with E-state index in [1.165, 1.54) is 0 Å². The molecule has 0 amide bonds. The molecular formula is C23H23BrN6O4S. The first-order valence-electron chi connectivity index (χ1n) is 11.0. The van der Waals surface area contributed by atoms with Gasteiger partial charge in [0.15, 0.2) is 20.2 Å². The zero-order valence-electron chi connectivity index (χ0n) is 18.8. The maximum absolute atomic E-state index is 12.3. The van der Waals surface area contributed by atoms with E-state index in [9.17, 15) is 18.3 Å². The minimum absolute atomic E-state index is 0.0149. The number of nitrogen functional groups attached to an aromatic ring is 1. The highest BCUT2D eigenvalue weighted by molar-refractivity contribution is 9.10. The van der Waals surface area contributed by atoms with E-state index in [0.29, 0.717) is 34.5 Å². The Morgan fingerprint density at radius 2 is 1.86 bits per heavy atom. The lowest BCUT2D eigenvalue weighted by molar-refractivity contribution is -0.141. The van der Waals surface area contributed by atoms with Gasteiger partial charge in [-0.3, -0.25) is 4.79 Å². The first-order chi connectivity index (χ1) is 16.6. The van der Waals surface area contributed by atoms with Crippen molar-refractivity contribution in [2.75, 3.05) is 12.0 Å². The van der Waals surface area contributed by atoms with E-state index in [1.807, 2.05) is 36.5 Å². The molecule has 35 heavy (non-hydrogen) atoms. The zero-order valence-corrected chi connectivity index (χ0v) is 21.2. The Balaban J connectivity index is 1.52. The number of nitrogens with zero attached hydrogens (tertiary/aromatic N) is 5. The van der Waals surface area contributed by atoms with E-state index in [2.05, 4.69) is 26.1 Å². The van der Waals surface area contributed by atoms with Crippen LogP contribution in [0.15, 0.2) is 53.4 Å². The Labute approximate surface area is 209 Å². The standard InChI is InChI=1S/C23H23BrN6O4S/c1-35(33,34)23(22(31)32)9-7-14(8-10-23)19-18(24)20(25)30-21(28-19)17(12-27-30)15-11-26-29(13-15)16-5-3-2-4-6-16/h2-6,11-14H,7-10,25H2,1H3,(H,31,32). The van der Waals surface area contributed by atoms with Crippen molar-refractivity contribution in [2.45, 2.75) is 36.3 Å². The normalized spacial score (nSPS) is 20.8. The molecule has 4 aromatic rings. The third-order valence-corrected chi connectivity index (χ3v) is 9.66. The first-order valence-corrected chi connectivity index (χ1v) is 13.7. The largest absolute Gasteiger partial charge is 0.480 e. The number of aromatic nitrogens is 5. The van der Waals surface area contributed by atoms with Crippen molar-refractivity contribution in [1.82, 2.24) is 24.4 Å². The fourth-order valence-corrected chi connectivity index (χ4v) is 6.65. The molecule has 0 spiro atoms. The lowest BCUT2D eigenvalue weighted by Crippen LogP contribution is -2.48. The topological polar surface area (TPSA) is 145 Å². The average Bonchev–Trinajstić information content (AvgIpc) is 3.48. The van der Waals surface area contributed by atoms with Gasteiger partial charge in [0.2, 0.25) is 0 Å². The van der Waals surface area contributed by atoms with Crippen LogP contribution in [0, 0.1) is 0 Å². The quantitative estimate of drug-likeness (QED) is 0.378. The summed E-state index contributed by atoms with van der Waals surface area (Å²) in [6, 6.07) is 9.72. The first kappa shape index (κ1) is 23.5. The van der Waals surface area contributed by atoms with E-state index in [4.69, 9.17) is 10.7 Å². The van der Waals surface area contributed by atoms with Gasteiger partial charge in [0.05, 0.1) is 28.2 Å². The number of halogens is 1. The smallest absolute Gasteiger partial charge is 0.325 e. The number of para-hydroxylation sites is 1. The predicted octanol–water partition coefficient (Wildman–Crippen LogP) is 3.45. The highest BCUT2D eigenvalue weighted by Crippen LogP contribution is 2.44. The predicted molar refractivity (Wildman–Crippen MR) is 134 cm³/mol. The van der Waals surface area contributed by atoms with Crippen LogP contribution in [0.1, 0.15) is 37.3 Å². The van der Waals surface area contributed by atoms with Gasteiger partial charge in [-0.05, 0) is 53.7 Å². The van der Waals surface area contributed by atoms with Crippen molar-refractivity contribution < 1.29 is 18.3 Å². The molecule has 0 bridgehead atoms. The van der Waals surface area contributed by atoms with E-state index in [0.717, 1.165) is 23.1 Å². The number of benzene rings is 1. The number of rotatable bonds is 5. The summed E-state index contributed by atoms with van der Waals surface area (Å²) in [7, 11) is -3.78. The summed E-state index contributed by atoms with van der Waals surface area (Å²) in [5.41, 5.74) is 10.1. The van der Waals surface area contributed by atoms with Gasteiger partial charge in [-0.25, -0.2) is 18.1 Å². The molecule has 5 rings (SSSR count). The zero-order chi connectivity index (χ0) is 25.0.